The standard InChI is InChI=1S/C21H34N4/c1-4-25(5-2)17-8-10-18(3)22-15-9-16-23-20-13-6-11-19-12-7-14-24-21(19)20/h6-7,11-14,18,22-23H,4-5,8-10,15-17H2,1-3H3/t18-/m0/s1. The molecule has 2 N–H and O–H groups in total. The van der Waals surface area contributed by atoms with Gasteiger partial charge in [0.2, 0.25) is 0 Å². The molecule has 0 spiro atoms. The van der Waals surface area contributed by atoms with E-state index in [-0.39, 0.29) is 0 Å². The van der Waals surface area contributed by atoms with E-state index in [9.17, 15) is 0 Å². The summed E-state index contributed by atoms with van der Waals surface area (Å²) in [5.74, 6) is 0. The molecule has 0 radical (unpaired) electrons. The second kappa shape index (κ2) is 11.1. The Kier molecular flexibility index (Phi) is 8.70. The van der Waals surface area contributed by atoms with Crippen molar-refractivity contribution in [3.63, 3.8) is 0 Å². The van der Waals surface area contributed by atoms with Gasteiger partial charge < -0.3 is 15.5 Å². The molecule has 1 aromatic heterocycles. The summed E-state index contributed by atoms with van der Waals surface area (Å²) in [6, 6.07) is 11.0. The number of nitrogens with one attached hydrogen (secondary N) is 2. The molecule has 0 fully saturated rings. The van der Waals surface area contributed by atoms with Crippen LogP contribution < -0.4 is 10.6 Å². The summed E-state index contributed by atoms with van der Waals surface area (Å²) in [6.07, 6.45) is 5.49. The van der Waals surface area contributed by atoms with E-state index in [4.69, 9.17) is 0 Å². The van der Waals surface area contributed by atoms with Gasteiger partial charge in [0.1, 0.15) is 0 Å². The average Bonchev–Trinajstić information content (AvgIpc) is 2.65. The quantitative estimate of drug-likeness (QED) is 0.569. The van der Waals surface area contributed by atoms with E-state index in [0.29, 0.717) is 6.04 Å². The number of hydrogen-bond donors (Lipinski definition) is 2. The van der Waals surface area contributed by atoms with E-state index in [1.54, 1.807) is 0 Å². The third-order valence-corrected chi connectivity index (χ3v) is 4.80. The average molecular weight is 343 g/mol. The lowest BCUT2D eigenvalue weighted by atomic mass is 10.1. The first-order valence-corrected chi connectivity index (χ1v) is 9.78. The largest absolute Gasteiger partial charge is 0.383 e. The van der Waals surface area contributed by atoms with Crippen molar-refractivity contribution in [2.45, 2.75) is 46.1 Å². The first-order valence-electron chi connectivity index (χ1n) is 9.78. The van der Waals surface area contributed by atoms with E-state index in [1.165, 1.54) is 24.8 Å². The maximum Gasteiger partial charge on any atom is 0.0933 e. The zero-order chi connectivity index (χ0) is 17.9. The number of para-hydroxylation sites is 1. The molecule has 138 valence electrons. The molecule has 0 aliphatic carbocycles. The fourth-order valence-corrected chi connectivity index (χ4v) is 3.17. The first kappa shape index (κ1) is 19.7. The SMILES string of the molecule is CCN(CC)CCC[C@H](C)NCCCNc1cccc2cccnc12. The third kappa shape index (κ3) is 6.63. The van der Waals surface area contributed by atoms with Crippen LogP contribution in [0.4, 0.5) is 5.69 Å². The Balaban J connectivity index is 1.61. The Morgan fingerprint density at radius 1 is 1.04 bits per heavy atom. The number of benzene rings is 1. The second-order valence-corrected chi connectivity index (χ2v) is 6.69. The molecule has 0 bridgehead atoms. The van der Waals surface area contributed by atoms with Crippen molar-refractivity contribution in [1.82, 2.24) is 15.2 Å². The second-order valence-electron chi connectivity index (χ2n) is 6.69. The van der Waals surface area contributed by atoms with E-state index in [2.05, 4.69) is 65.6 Å². The lowest BCUT2D eigenvalue weighted by Crippen LogP contribution is -2.30. The number of fused-ring (bicyclic) bond motifs is 1. The zero-order valence-electron chi connectivity index (χ0n) is 16.1. The molecular formula is C21H34N4. The molecule has 2 aromatic rings. The molecule has 25 heavy (non-hydrogen) atoms. The van der Waals surface area contributed by atoms with Crippen LogP contribution in [0.25, 0.3) is 10.9 Å². The van der Waals surface area contributed by atoms with Gasteiger partial charge in [0.15, 0.2) is 0 Å². The third-order valence-electron chi connectivity index (χ3n) is 4.80. The van der Waals surface area contributed by atoms with Gasteiger partial charge in [-0.25, -0.2) is 0 Å². The summed E-state index contributed by atoms with van der Waals surface area (Å²) in [4.78, 5) is 6.98. The summed E-state index contributed by atoms with van der Waals surface area (Å²) in [5.41, 5.74) is 2.19. The zero-order valence-corrected chi connectivity index (χ0v) is 16.1. The molecule has 1 heterocycles. The van der Waals surface area contributed by atoms with Crippen LogP contribution >= 0.6 is 0 Å². The van der Waals surface area contributed by atoms with Gasteiger partial charge >= 0.3 is 0 Å². The van der Waals surface area contributed by atoms with Gasteiger partial charge in [0.25, 0.3) is 0 Å². The molecular weight excluding hydrogens is 308 g/mol. The number of anilines is 1. The molecule has 2 rings (SSSR count). The highest BCUT2D eigenvalue weighted by molar-refractivity contribution is 5.90. The maximum atomic E-state index is 4.49. The molecule has 0 aliphatic rings. The molecule has 4 nitrogen and oxygen atoms in total. The number of pyridine rings is 1. The molecule has 1 atom stereocenters. The van der Waals surface area contributed by atoms with Crippen molar-refractivity contribution in [2.24, 2.45) is 0 Å². The van der Waals surface area contributed by atoms with E-state index in [1.807, 2.05) is 12.3 Å². The summed E-state index contributed by atoms with van der Waals surface area (Å²) in [7, 11) is 0. The highest BCUT2D eigenvalue weighted by Crippen LogP contribution is 2.20. The highest BCUT2D eigenvalue weighted by atomic mass is 15.1. The highest BCUT2D eigenvalue weighted by Gasteiger charge is 2.04. The molecule has 4 heteroatoms. The fraction of sp³-hybridized carbons (Fsp3) is 0.571. The van der Waals surface area contributed by atoms with Crippen molar-refractivity contribution in [1.29, 1.82) is 0 Å². The van der Waals surface area contributed by atoms with E-state index < -0.39 is 0 Å². The normalized spacial score (nSPS) is 12.6. The van der Waals surface area contributed by atoms with E-state index in [0.717, 1.165) is 43.8 Å². The van der Waals surface area contributed by atoms with Gasteiger partial charge in [-0.15, -0.1) is 0 Å². The lowest BCUT2D eigenvalue weighted by molar-refractivity contribution is 0.290. The predicted octanol–water partition coefficient (Wildman–Crippen LogP) is 4.14. The minimum absolute atomic E-state index is 0.592. The van der Waals surface area contributed by atoms with Crippen LogP contribution in [-0.4, -0.2) is 48.6 Å². The molecule has 0 saturated heterocycles. The Bertz CT molecular complexity index is 604. The fourth-order valence-electron chi connectivity index (χ4n) is 3.17. The van der Waals surface area contributed by atoms with Gasteiger partial charge in [-0.2, -0.15) is 0 Å². The van der Waals surface area contributed by atoms with Gasteiger partial charge in [-0.1, -0.05) is 32.0 Å². The summed E-state index contributed by atoms with van der Waals surface area (Å²) >= 11 is 0. The van der Waals surface area contributed by atoms with Crippen LogP contribution in [0, 0.1) is 0 Å². The van der Waals surface area contributed by atoms with Gasteiger partial charge in [0, 0.05) is 24.2 Å². The minimum atomic E-state index is 0.592. The van der Waals surface area contributed by atoms with Crippen LogP contribution in [0.2, 0.25) is 0 Å². The lowest BCUT2D eigenvalue weighted by Gasteiger charge is -2.19. The smallest absolute Gasteiger partial charge is 0.0933 e. The summed E-state index contributed by atoms with van der Waals surface area (Å²) in [6.45, 7) is 12.3. The van der Waals surface area contributed by atoms with Gasteiger partial charge in [-0.3, -0.25) is 4.98 Å². The van der Waals surface area contributed by atoms with E-state index >= 15 is 0 Å². The first-order chi connectivity index (χ1) is 12.2. The number of hydrogen-bond acceptors (Lipinski definition) is 4. The van der Waals surface area contributed by atoms with Crippen molar-refractivity contribution in [3.8, 4) is 0 Å². The summed E-state index contributed by atoms with van der Waals surface area (Å²) in [5, 5.41) is 8.35. The van der Waals surface area contributed by atoms with Crippen molar-refractivity contribution in [3.05, 3.63) is 36.5 Å². The molecule has 1 aromatic carbocycles. The Labute approximate surface area is 153 Å². The molecule has 0 saturated carbocycles. The monoisotopic (exact) mass is 342 g/mol. The minimum Gasteiger partial charge on any atom is -0.383 e. The molecule has 0 unspecified atom stereocenters. The summed E-state index contributed by atoms with van der Waals surface area (Å²) < 4.78 is 0. The molecule has 0 aliphatic heterocycles. The number of rotatable bonds is 12. The van der Waals surface area contributed by atoms with Gasteiger partial charge in [-0.05, 0) is 64.5 Å². The Morgan fingerprint density at radius 3 is 2.64 bits per heavy atom. The predicted molar refractivity (Wildman–Crippen MR) is 109 cm³/mol. The van der Waals surface area contributed by atoms with Crippen LogP contribution in [-0.2, 0) is 0 Å². The van der Waals surface area contributed by atoms with Crippen LogP contribution in [0.15, 0.2) is 36.5 Å². The van der Waals surface area contributed by atoms with Crippen LogP contribution in [0.1, 0.15) is 40.0 Å². The number of aromatic nitrogens is 1. The van der Waals surface area contributed by atoms with Crippen molar-refractivity contribution >= 4 is 16.6 Å². The van der Waals surface area contributed by atoms with Crippen molar-refractivity contribution in [2.75, 3.05) is 38.0 Å². The number of nitrogens with zero attached hydrogens (tertiary/aromatic N) is 2. The van der Waals surface area contributed by atoms with Gasteiger partial charge in [0.05, 0.1) is 11.2 Å². The van der Waals surface area contributed by atoms with Crippen molar-refractivity contribution < 1.29 is 0 Å². The molecule has 0 amide bonds. The Morgan fingerprint density at radius 2 is 1.84 bits per heavy atom. The topological polar surface area (TPSA) is 40.2 Å². The van der Waals surface area contributed by atoms with Crippen LogP contribution in [0.5, 0.6) is 0 Å². The maximum absolute atomic E-state index is 4.49. The van der Waals surface area contributed by atoms with Crippen LogP contribution in [0.3, 0.4) is 0 Å². The Hall–Kier alpha value is -1.65.